The molecule has 0 radical (unpaired) electrons. The summed E-state index contributed by atoms with van der Waals surface area (Å²) in [5.41, 5.74) is 3.02. The Kier molecular flexibility index (Phi) is 4.59. The molecular formula is C21H18F2N4O2. The van der Waals surface area contributed by atoms with Crippen molar-refractivity contribution in [3.05, 3.63) is 63.6 Å². The van der Waals surface area contributed by atoms with Crippen LogP contribution in [-0.2, 0) is 0 Å². The summed E-state index contributed by atoms with van der Waals surface area (Å²) >= 11 is 0. The van der Waals surface area contributed by atoms with E-state index in [1.54, 1.807) is 31.3 Å². The number of hydrogen-bond acceptors (Lipinski definition) is 3. The highest BCUT2D eigenvalue weighted by Crippen LogP contribution is 2.36. The van der Waals surface area contributed by atoms with Crippen LogP contribution in [0.4, 0.5) is 8.78 Å². The molecule has 4 aromatic rings. The number of aromatic amines is 2. The molecule has 0 spiro atoms. The summed E-state index contributed by atoms with van der Waals surface area (Å²) in [5.74, 6) is 0.311. The molecule has 4 rings (SSSR count). The Hall–Kier alpha value is -3.60. The normalized spacial score (nSPS) is 12.6. The van der Waals surface area contributed by atoms with Gasteiger partial charge in [0.05, 0.1) is 28.6 Å². The second-order valence-electron chi connectivity index (χ2n) is 6.91. The van der Waals surface area contributed by atoms with Gasteiger partial charge in [-0.2, -0.15) is 5.26 Å². The number of aryl methyl sites for hydroxylation is 1. The number of rotatable bonds is 5. The van der Waals surface area contributed by atoms with Crippen molar-refractivity contribution in [3.8, 4) is 11.8 Å². The maximum Gasteiger partial charge on any atom is 0.274 e. The van der Waals surface area contributed by atoms with Gasteiger partial charge < -0.3 is 9.72 Å². The van der Waals surface area contributed by atoms with Gasteiger partial charge in [-0.05, 0) is 49.7 Å². The van der Waals surface area contributed by atoms with E-state index in [-0.39, 0.29) is 5.56 Å². The molecule has 2 aromatic heterocycles. The van der Waals surface area contributed by atoms with E-state index in [0.29, 0.717) is 27.8 Å². The Morgan fingerprint density at radius 3 is 2.76 bits per heavy atom. The number of aromatic nitrogens is 3. The molecule has 0 bridgehead atoms. The van der Waals surface area contributed by atoms with Crippen molar-refractivity contribution >= 4 is 21.8 Å². The van der Waals surface area contributed by atoms with Crippen LogP contribution in [0.25, 0.3) is 21.8 Å². The van der Waals surface area contributed by atoms with Crippen molar-refractivity contribution in [3.63, 3.8) is 0 Å². The fraction of sp³-hybridized carbons (Fsp3) is 0.238. The van der Waals surface area contributed by atoms with E-state index in [1.807, 2.05) is 19.1 Å². The quantitative estimate of drug-likeness (QED) is 0.529. The summed E-state index contributed by atoms with van der Waals surface area (Å²) in [6.07, 6.45) is -0.849. The third-order valence-electron chi connectivity index (χ3n) is 5.05. The average molecular weight is 396 g/mol. The molecule has 1 atom stereocenters. The van der Waals surface area contributed by atoms with E-state index in [9.17, 15) is 13.6 Å². The lowest BCUT2D eigenvalue weighted by molar-refractivity contribution is 0.0812. The van der Waals surface area contributed by atoms with Gasteiger partial charge in [-0.1, -0.05) is 0 Å². The number of halogens is 2. The maximum atomic E-state index is 13.0. The Morgan fingerprint density at radius 2 is 2.03 bits per heavy atom. The van der Waals surface area contributed by atoms with Crippen molar-refractivity contribution in [2.45, 2.75) is 26.3 Å². The van der Waals surface area contributed by atoms with Crippen LogP contribution >= 0.6 is 0 Å². The molecule has 0 saturated carbocycles. The summed E-state index contributed by atoms with van der Waals surface area (Å²) in [6, 6.07) is 9.88. The molecule has 0 aliphatic heterocycles. The van der Waals surface area contributed by atoms with Crippen LogP contribution in [0.1, 0.15) is 29.7 Å². The van der Waals surface area contributed by atoms with Crippen LogP contribution in [0.2, 0.25) is 0 Å². The number of fused-ring (bicyclic) bond motifs is 2. The van der Waals surface area contributed by atoms with Crippen molar-refractivity contribution in [2.75, 3.05) is 6.61 Å². The van der Waals surface area contributed by atoms with E-state index in [4.69, 9.17) is 10.00 Å². The van der Waals surface area contributed by atoms with Gasteiger partial charge in [0.15, 0.2) is 0 Å². The zero-order valence-corrected chi connectivity index (χ0v) is 15.8. The lowest BCUT2D eigenvalue weighted by Gasteiger charge is -2.20. The first-order valence-electron chi connectivity index (χ1n) is 9.06. The first-order chi connectivity index (χ1) is 13.9. The van der Waals surface area contributed by atoms with E-state index in [2.05, 4.69) is 10.1 Å². The molecule has 0 fully saturated rings. The van der Waals surface area contributed by atoms with E-state index in [0.717, 1.165) is 16.5 Å². The largest absolute Gasteiger partial charge is 0.487 e. The molecule has 1 unspecified atom stereocenters. The highest BCUT2D eigenvalue weighted by molar-refractivity contribution is 5.89. The number of hydrogen-bond donors (Lipinski definition) is 2. The van der Waals surface area contributed by atoms with Crippen LogP contribution in [0, 0.1) is 18.3 Å². The zero-order valence-electron chi connectivity index (χ0n) is 15.8. The van der Waals surface area contributed by atoms with Gasteiger partial charge in [-0.25, -0.2) is 13.5 Å². The number of nitrogens with zero attached hydrogens (tertiary/aromatic N) is 2. The average Bonchev–Trinajstić information content (AvgIpc) is 3.31. The number of H-pyrrole nitrogens is 2. The molecule has 0 aliphatic rings. The standard InChI is InChI=1S/C21H18F2N4O2/c1-11-7-17(29-10-18(22)23)19(14-5-6-25-20(11)14)12(2)27-21(28)15-8-13(9-24)3-4-16(15)26-27/h3-8,12,18,25-26H,10H2,1-2H3. The second-order valence-corrected chi connectivity index (χ2v) is 6.91. The maximum absolute atomic E-state index is 13.0. The Labute approximate surface area is 164 Å². The minimum absolute atomic E-state index is 0.298. The highest BCUT2D eigenvalue weighted by Gasteiger charge is 2.23. The third-order valence-corrected chi connectivity index (χ3v) is 5.05. The number of nitriles is 1. The van der Waals surface area contributed by atoms with Crippen LogP contribution in [-0.4, -0.2) is 27.8 Å². The van der Waals surface area contributed by atoms with Gasteiger partial charge in [-0.3, -0.25) is 9.89 Å². The number of benzene rings is 2. The Morgan fingerprint density at radius 1 is 1.24 bits per heavy atom. The SMILES string of the molecule is Cc1cc(OCC(F)F)c(C(C)n2[nH]c3ccc(C#N)cc3c2=O)c2cc[nH]c12. The lowest BCUT2D eigenvalue weighted by Crippen LogP contribution is -2.22. The molecule has 6 nitrogen and oxygen atoms in total. The first kappa shape index (κ1) is 18.7. The van der Waals surface area contributed by atoms with E-state index >= 15 is 0 Å². The van der Waals surface area contributed by atoms with Crippen molar-refractivity contribution < 1.29 is 13.5 Å². The van der Waals surface area contributed by atoms with Crippen LogP contribution in [0.5, 0.6) is 5.75 Å². The van der Waals surface area contributed by atoms with Gasteiger partial charge in [0.1, 0.15) is 12.4 Å². The van der Waals surface area contributed by atoms with Crippen molar-refractivity contribution in [1.29, 1.82) is 5.26 Å². The predicted octanol–water partition coefficient (Wildman–Crippen LogP) is 4.24. The Bertz CT molecular complexity index is 1310. The molecule has 2 heterocycles. The highest BCUT2D eigenvalue weighted by atomic mass is 19.3. The summed E-state index contributed by atoms with van der Waals surface area (Å²) in [4.78, 5) is 16.1. The summed E-state index contributed by atoms with van der Waals surface area (Å²) in [7, 11) is 0. The number of nitrogens with one attached hydrogen (secondary N) is 2. The molecule has 2 N–H and O–H groups in total. The fourth-order valence-electron chi connectivity index (χ4n) is 3.70. The first-order valence-corrected chi connectivity index (χ1v) is 9.06. The molecular weight excluding hydrogens is 378 g/mol. The molecule has 29 heavy (non-hydrogen) atoms. The van der Waals surface area contributed by atoms with Crippen LogP contribution in [0.3, 0.4) is 0 Å². The van der Waals surface area contributed by atoms with Crippen molar-refractivity contribution in [1.82, 2.24) is 14.8 Å². The van der Waals surface area contributed by atoms with Crippen LogP contribution < -0.4 is 10.3 Å². The Balaban J connectivity index is 1.91. The minimum atomic E-state index is -2.61. The molecule has 148 valence electrons. The minimum Gasteiger partial charge on any atom is -0.487 e. The summed E-state index contributed by atoms with van der Waals surface area (Å²) < 4.78 is 32.4. The fourth-order valence-corrected chi connectivity index (χ4v) is 3.70. The van der Waals surface area contributed by atoms with Crippen LogP contribution in [0.15, 0.2) is 41.3 Å². The lowest BCUT2D eigenvalue weighted by atomic mass is 9.99. The number of alkyl halides is 2. The van der Waals surface area contributed by atoms with Gasteiger partial charge >= 0.3 is 0 Å². The van der Waals surface area contributed by atoms with E-state index < -0.39 is 19.1 Å². The summed E-state index contributed by atoms with van der Waals surface area (Å²) in [6.45, 7) is 2.93. The molecule has 0 amide bonds. The predicted molar refractivity (Wildman–Crippen MR) is 106 cm³/mol. The molecule has 0 saturated heterocycles. The number of ether oxygens (including phenoxy) is 1. The smallest absolute Gasteiger partial charge is 0.274 e. The van der Waals surface area contributed by atoms with Gasteiger partial charge in [0.2, 0.25) is 0 Å². The van der Waals surface area contributed by atoms with Crippen molar-refractivity contribution in [2.24, 2.45) is 0 Å². The monoisotopic (exact) mass is 396 g/mol. The zero-order chi connectivity index (χ0) is 20.7. The topological polar surface area (TPSA) is 86.6 Å². The molecule has 2 aromatic carbocycles. The van der Waals surface area contributed by atoms with Gasteiger partial charge in [0.25, 0.3) is 12.0 Å². The third kappa shape index (κ3) is 3.14. The van der Waals surface area contributed by atoms with Gasteiger partial charge in [0, 0.05) is 22.7 Å². The molecule has 8 heteroatoms. The molecule has 0 aliphatic carbocycles. The van der Waals surface area contributed by atoms with E-state index in [1.165, 1.54) is 10.7 Å². The second kappa shape index (κ2) is 7.09. The van der Waals surface area contributed by atoms with Gasteiger partial charge in [-0.15, -0.1) is 0 Å². The summed E-state index contributed by atoms with van der Waals surface area (Å²) in [5, 5.41) is 13.3.